The van der Waals surface area contributed by atoms with Gasteiger partial charge in [0.15, 0.2) is 0 Å². The van der Waals surface area contributed by atoms with Crippen LogP contribution in [-0.2, 0) is 6.18 Å². The van der Waals surface area contributed by atoms with Crippen molar-refractivity contribution in [3.63, 3.8) is 0 Å². The fraction of sp³-hybridized carbons (Fsp3) is 0.333. The first kappa shape index (κ1) is 14.1. The molecule has 8 heteroatoms. The number of hydrogen-bond acceptors (Lipinski definition) is 1. The van der Waals surface area contributed by atoms with Crippen LogP contribution in [0, 0.1) is 0 Å². The highest BCUT2D eigenvalue weighted by molar-refractivity contribution is 6.31. The summed E-state index contributed by atoms with van der Waals surface area (Å²) >= 11 is 5.27. The van der Waals surface area contributed by atoms with Crippen molar-refractivity contribution < 1.29 is 26.3 Å². The summed E-state index contributed by atoms with van der Waals surface area (Å²) in [7, 11) is 0. The largest absolute Gasteiger partial charge is 0.417 e. The van der Waals surface area contributed by atoms with Crippen LogP contribution in [-0.4, -0.2) is 6.18 Å². The molecule has 0 aliphatic rings. The Morgan fingerprint density at radius 3 is 1.94 bits per heavy atom. The summed E-state index contributed by atoms with van der Waals surface area (Å²) in [4.78, 5) is 0. The van der Waals surface area contributed by atoms with Gasteiger partial charge in [-0.1, -0.05) is 17.7 Å². The smallest absolute Gasteiger partial charge is 0.316 e. The molecule has 0 bridgehead atoms. The van der Waals surface area contributed by atoms with E-state index in [1.165, 1.54) is 0 Å². The molecule has 0 saturated carbocycles. The third kappa shape index (κ3) is 3.26. The normalized spacial score (nSPS) is 14.8. The average molecular weight is 278 g/mol. The van der Waals surface area contributed by atoms with E-state index in [-0.39, 0.29) is 0 Å². The van der Waals surface area contributed by atoms with Crippen LogP contribution in [0.4, 0.5) is 26.3 Å². The van der Waals surface area contributed by atoms with E-state index in [0.29, 0.717) is 18.2 Å². The molecule has 0 aromatic heterocycles. The van der Waals surface area contributed by atoms with Gasteiger partial charge in [0.25, 0.3) is 0 Å². The summed E-state index contributed by atoms with van der Waals surface area (Å²) in [5, 5.41) is -0.810. The highest BCUT2D eigenvalue weighted by Gasteiger charge is 2.39. The monoisotopic (exact) mass is 277 g/mol. The first-order valence-electron chi connectivity index (χ1n) is 4.22. The number of rotatable bonds is 1. The van der Waals surface area contributed by atoms with Crippen molar-refractivity contribution in [1.82, 2.24) is 0 Å². The van der Waals surface area contributed by atoms with E-state index in [1.54, 1.807) is 0 Å². The van der Waals surface area contributed by atoms with E-state index in [1.807, 2.05) is 0 Å². The number of halogens is 7. The maximum absolute atomic E-state index is 12.3. The maximum Gasteiger partial charge on any atom is 0.417 e. The standard InChI is InChI=1S/C9H6ClF6N/c10-6-3-4(7(17)9(14,15)16)1-2-5(6)8(11,12)13/h1-3,7H,17H2/t7-/m0/s1. The first-order chi connectivity index (χ1) is 7.53. The minimum Gasteiger partial charge on any atom is -0.316 e. The van der Waals surface area contributed by atoms with Crippen molar-refractivity contribution in [3.8, 4) is 0 Å². The molecule has 2 N–H and O–H groups in total. The fourth-order valence-electron chi connectivity index (χ4n) is 1.14. The third-order valence-corrected chi connectivity index (χ3v) is 2.32. The van der Waals surface area contributed by atoms with Crippen LogP contribution in [0.2, 0.25) is 5.02 Å². The molecule has 1 nitrogen and oxygen atoms in total. The lowest BCUT2D eigenvalue weighted by atomic mass is 10.0. The quantitative estimate of drug-likeness (QED) is 0.774. The Hall–Kier alpha value is -0.950. The Morgan fingerprint density at radius 2 is 1.59 bits per heavy atom. The molecular weight excluding hydrogens is 272 g/mol. The third-order valence-electron chi connectivity index (χ3n) is 2.01. The second kappa shape index (κ2) is 4.38. The van der Waals surface area contributed by atoms with Crippen molar-refractivity contribution in [2.24, 2.45) is 5.73 Å². The van der Waals surface area contributed by atoms with Crippen molar-refractivity contribution in [1.29, 1.82) is 0 Å². The fourth-order valence-corrected chi connectivity index (χ4v) is 1.44. The Kier molecular flexibility index (Phi) is 3.63. The SMILES string of the molecule is N[C@@H](c1ccc(C(F)(F)F)c(Cl)c1)C(F)(F)F. The zero-order valence-corrected chi connectivity index (χ0v) is 8.79. The number of hydrogen-bond donors (Lipinski definition) is 1. The summed E-state index contributed by atoms with van der Waals surface area (Å²) in [5.74, 6) is 0. The predicted molar refractivity (Wildman–Crippen MR) is 49.4 cm³/mol. The van der Waals surface area contributed by atoms with Gasteiger partial charge in [-0.2, -0.15) is 26.3 Å². The Labute approximate surface area is 97.2 Å². The Bertz CT molecular complexity index is 411. The van der Waals surface area contributed by atoms with Gasteiger partial charge in [0.1, 0.15) is 6.04 Å². The van der Waals surface area contributed by atoms with E-state index in [4.69, 9.17) is 17.3 Å². The second-order valence-corrected chi connectivity index (χ2v) is 3.66. The van der Waals surface area contributed by atoms with Gasteiger partial charge in [-0.25, -0.2) is 0 Å². The van der Waals surface area contributed by atoms with Crippen LogP contribution in [0.15, 0.2) is 18.2 Å². The molecule has 96 valence electrons. The van der Waals surface area contributed by atoms with E-state index >= 15 is 0 Å². The highest BCUT2D eigenvalue weighted by Crippen LogP contribution is 2.37. The van der Waals surface area contributed by atoms with Crippen LogP contribution in [0.25, 0.3) is 0 Å². The topological polar surface area (TPSA) is 26.0 Å². The van der Waals surface area contributed by atoms with Crippen LogP contribution < -0.4 is 5.73 Å². The van der Waals surface area contributed by atoms with Gasteiger partial charge in [0.2, 0.25) is 0 Å². The molecule has 0 saturated heterocycles. The van der Waals surface area contributed by atoms with E-state index in [2.05, 4.69) is 0 Å². The maximum atomic E-state index is 12.3. The molecule has 0 aliphatic heterocycles. The minimum absolute atomic E-state index is 0.475. The van der Waals surface area contributed by atoms with E-state index in [0.717, 1.165) is 0 Å². The highest BCUT2D eigenvalue weighted by atomic mass is 35.5. The summed E-state index contributed by atoms with van der Waals surface area (Å²) in [6, 6.07) is -0.652. The van der Waals surface area contributed by atoms with Gasteiger partial charge in [0.05, 0.1) is 10.6 Å². The molecule has 0 unspecified atom stereocenters. The summed E-state index contributed by atoms with van der Waals surface area (Å²) in [5.41, 5.74) is 3.12. The van der Waals surface area contributed by atoms with Gasteiger partial charge in [0, 0.05) is 0 Å². The second-order valence-electron chi connectivity index (χ2n) is 3.26. The molecule has 1 aromatic rings. The zero-order chi connectivity index (χ0) is 13.4. The lowest BCUT2D eigenvalue weighted by Gasteiger charge is -2.17. The van der Waals surface area contributed by atoms with Crippen molar-refractivity contribution in [3.05, 3.63) is 34.3 Å². The van der Waals surface area contributed by atoms with E-state index < -0.39 is 34.5 Å². The molecule has 0 amide bonds. The summed E-state index contributed by atoms with van der Waals surface area (Å²) < 4.78 is 73.5. The molecule has 0 fully saturated rings. The van der Waals surface area contributed by atoms with Crippen molar-refractivity contribution in [2.75, 3.05) is 0 Å². The van der Waals surface area contributed by atoms with Gasteiger partial charge in [-0.3, -0.25) is 0 Å². The molecule has 0 heterocycles. The van der Waals surface area contributed by atoms with E-state index in [9.17, 15) is 26.3 Å². The first-order valence-corrected chi connectivity index (χ1v) is 4.60. The van der Waals surface area contributed by atoms with Crippen LogP contribution in [0.5, 0.6) is 0 Å². The molecule has 1 rings (SSSR count). The van der Waals surface area contributed by atoms with Gasteiger partial charge in [-0.05, 0) is 17.7 Å². The minimum atomic E-state index is -4.73. The molecule has 0 spiro atoms. The zero-order valence-electron chi connectivity index (χ0n) is 8.03. The predicted octanol–water partition coefficient (Wildman–Crippen LogP) is 3.92. The van der Waals surface area contributed by atoms with Gasteiger partial charge >= 0.3 is 12.4 Å². The van der Waals surface area contributed by atoms with Gasteiger partial charge in [-0.15, -0.1) is 0 Å². The molecule has 1 atom stereocenters. The van der Waals surface area contributed by atoms with Crippen LogP contribution in [0.1, 0.15) is 17.2 Å². The van der Waals surface area contributed by atoms with Crippen molar-refractivity contribution >= 4 is 11.6 Å². The van der Waals surface area contributed by atoms with Crippen molar-refractivity contribution in [2.45, 2.75) is 18.4 Å². The molecule has 0 aliphatic carbocycles. The lowest BCUT2D eigenvalue weighted by molar-refractivity contribution is -0.149. The van der Waals surface area contributed by atoms with Gasteiger partial charge < -0.3 is 5.73 Å². The molecule has 1 aromatic carbocycles. The van der Waals surface area contributed by atoms with Crippen LogP contribution >= 0.6 is 11.6 Å². The van der Waals surface area contributed by atoms with Crippen LogP contribution in [0.3, 0.4) is 0 Å². The molecule has 0 radical (unpaired) electrons. The average Bonchev–Trinajstić information content (AvgIpc) is 2.12. The molecular formula is C9H6ClF6N. The summed E-state index contributed by atoms with van der Waals surface area (Å²) in [6.07, 6.45) is -9.44. The number of nitrogens with two attached hydrogens (primary N) is 1. The number of alkyl halides is 6. The Morgan fingerprint density at radius 1 is 1.06 bits per heavy atom. The number of benzene rings is 1. The molecule has 17 heavy (non-hydrogen) atoms. The summed E-state index contributed by atoms with van der Waals surface area (Å²) in [6.45, 7) is 0. The Balaban J connectivity index is 3.14. The lowest BCUT2D eigenvalue weighted by Crippen LogP contribution is -2.28.